The molecule has 0 saturated heterocycles. The average molecular weight is 418 g/mol. The fourth-order valence-electron chi connectivity index (χ4n) is 2.28. The Morgan fingerprint density at radius 2 is 2.14 bits per heavy atom. The summed E-state index contributed by atoms with van der Waals surface area (Å²) >= 11 is 0.971. The molecular weight excluding hydrogens is 397 g/mol. The summed E-state index contributed by atoms with van der Waals surface area (Å²) in [6.07, 6.45) is -4.10. The Kier molecular flexibility index (Phi) is 7.44. The maximum absolute atomic E-state index is 12.6. The third-order valence-corrected chi connectivity index (χ3v) is 4.49. The van der Waals surface area contributed by atoms with Crippen LogP contribution < -0.4 is 10.6 Å². The SMILES string of the molecule is CCNC(=NCc1cc(C(=O)OC)c(C)o1)NCCc1nc(C(F)(F)F)cs1. The number of rotatable bonds is 7. The smallest absolute Gasteiger partial charge is 0.434 e. The van der Waals surface area contributed by atoms with Crippen molar-refractivity contribution in [2.45, 2.75) is 33.0 Å². The zero-order valence-corrected chi connectivity index (χ0v) is 16.5. The molecule has 0 spiro atoms. The molecule has 7 nitrogen and oxygen atoms in total. The van der Waals surface area contributed by atoms with E-state index in [0.29, 0.717) is 47.6 Å². The van der Waals surface area contributed by atoms with Crippen molar-refractivity contribution in [2.75, 3.05) is 20.2 Å². The number of methoxy groups -OCH3 is 1. The Morgan fingerprint density at radius 3 is 2.75 bits per heavy atom. The van der Waals surface area contributed by atoms with Gasteiger partial charge >= 0.3 is 12.1 Å². The predicted molar refractivity (Wildman–Crippen MR) is 98.4 cm³/mol. The highest BCUT2D eigenvalue weighted by molar-refractivity contribution is 7.09. The van der Waals surface area contributed by atoms with Crippen LogP contribution in [0.2, 0.25) is 0 Å². The lowest BCUT2D eigenvalue weighted by Crippen LogP contribution is -2.38. The van der Waals surface area contributed by atoms with Crippen molar-refractivity contribution in [1.82, 2.24) is 15.6 Å². The number of ether oxygens (including phenoxy) is 1. The third kappa shape index (κ3) is 5.98. The number of carbonyl (C=O) groups is 1. The molecule has 0 aromatic carbocycles. The number of halogens is 3. The first-order valence-corrected chi connectivity index (χ1v) is 9.34. The average Bonchev–Trinajstić information content (AvgIpc) is 3.25. The lowest BCUT2D eigenvalue weighted by Gasteiger charge is -2.10. The van der Waals surface area contributed by atoms with Gasteiger partial charge in [0.25, 0.3) is 0 Å². The summed E-state index contributed by atoms with van der Waals surface area (Å²) < 4.78 is 47.9. The van der Waals surface area contributed by atoms with Crippen molar-refractivity contribution in [3.63, 3.8) is 0 Å². The van der Waals surface area contributed by atoms with E-state index in [1.807, 2.05) is 6.92 Å². The topological polar surface area (TPSA) is 88.8 Å². The van der Waals surface area contributed by atoms with E-state index in [1.165, 1.54) is 7.11 Å². The van der Waals surface area contributed by atoms with Crippen molar-refractivity contribution in [2.24, 2.45) is 4.99 Å². The van der Waals surface area contributed by atoms with Gasteiger partial charge < -0.3 is 19.8 Å². The van der Waals surface area contributed by atoms with Crippen LogP contribution in [0.3, 0.4) is 0 Å². The fraction of sp³-hybridized carbons (Fsp3) is 0.471. The van der Waals surface area contributed by atoms with Gasteiger partial charge in [-0.25, -0.2) is 14.8 Å². The molecule has 0 bridgehead atoms. The number of hydrogen-bond acceptors (Lipinski definition) is 6. The van der Waals surface area contributed by atoms with Gasteiger partial charge in [-0.3, -0.25) is 0 Å². The Labute approximate surface area is 164 Å². The van der Waals surface area contributed by atoms with E-state index < -0.39 is 17.8 Å². The van der Waals surface area contributed by atoms with E-state index in [2.05, 4.69) is 25.3 Å². The molecule has 0 aliphatic heterocycles. The summed E-state index contributed by atoms with van der Waals surface area (Å²) in [4.78, 5) is 19.5. The number of furan rings is 1. The molecule has 11 heteroatoms. The summed E-state index contributed by atoms with van der Waals surface area (Å²) in [5.41, 5.74) is -0.530. The maximum Gasteiger partial charge on any atom is 0.434 e. The summed E-state index contributed by atoms with van der Waals surface area (Å²) in [6.45, 7) is 4.70. The van der Waals surface area contributed by atoms with E-state index in [9.17, 15) is 18.0 Å². The van der Waals surface area contributed by atoms with Crippen molar-refractivity contribution in [3.05, 3.63) is 39.2 Å². The number of thiazole rings is 1. The number of guanidine groups is 1. The molecule has 0 atom stereocenters. The van der Waals surface area contributed by atoms with Crippen LogP contribution in [0.25, 0.3) is 0 Å². The van der Waals surface area contributed by atoms with Crippen LogP contribution in [-0.4, -0.2) is 37.1 Å². The van der Waals surface area contributed by atoms with Gasteiger partial charge in [-0.2, -0.15) is 13.2 Å². The highest BCUT2D eigenvalue weighted by Gasteiger charge is 2.33. The number of aromatic nitrogens is 1. The van der Waals surface area contributed by atoms with Crippen LogP contribution in [0.1, 0.15) is 39.5 Å². The fourth-order valence-corrected chi connectivity index (χ4v) is 3.08. The van der Waals surface area contributed by atoms with Crippen LogP contribution in [0.4, 0.5) is 13.2 Å². The number of alkyl halides is 3. The third-order valence-electron chi connectivity index (χ3n) is 3.58. The second kappa shape index (κ2) is 9.58. The van der Waals surface area contributed by atoms with Crippen molar-refractivity contribution in [1.29, 1.82) is 0 Å². The van der Waals surface area contributed by atoms with Gasteiger partial charge in [0.05, 0.1) is 12.1 Å². The van der Waals surface area contributed by atoms with E-state index >= 15 is 0 Å². The number of hydrogen-bond donors (Lipinski definition) is 2. The Bertz CT molecular complexity index is 830. The molecule has 28 heavy (non-hydrogen) atoms. The van der Waals surface area contributed by atoms with Gasteiger partial charge in [0.2, 0.25) is 0 Å². The van der Waals surface area contributed by atoms with Gasteiger partial charge in [0.15, 0.2) is 11.7 Å². The standard InChI is InChI=1S/C17H21F3N4O3S/c1-4-21-16(22-6-5-14-24-13(9-28-14)17(18,19)20)23-8-11-7-12(10(2)27-11)15(25)26-3/h7,9H,4-6,8H2,1-3H3,(H2,21,22,23). The van der Waals surface area contributed by atoms with Crippen LogP contribution in [0.5, 0.6) is 0 Å². The molecule has 2 heterocycles. The first kappa shape index (κ1) is 21.7. The number of esters is 1. The molecule has 0 unspecified atom stereocenters. The maximum atomic E-state index is 12.6. The normalized spacial score (nSPS) is 12.1. The number of aliphatic imine (C=N–C) groups is 1. The molecule has 2 N–H and O–H groups in total. The Hall–Kier alpha value is -2.56. The van der Waals surface area contributed by atoms with Crippen LogP contribution in [0, 0.1) is 6.92 Å². The number of aryl methyl sites for hydroxylation is 1. The second-order valence-electron chi connectivity index (χ2n) is 5.67. The van der Waals surface area contributed by atoms with Crippen LogP contribution in [-0.2, 0) is 23.9 Å². The monoisotopic (exact) mass is 418 g/mol. The molecule has 0 aliphatic rings. The van der Waals surface area contributed by atoms with Crippen molar-refractivity contribution < 1.29 is 27.1 Å². The molecule has 2 rings (SSSR count). The zero-order chi connectivity index (χ0) is 20.7. The van der Waals surface area contributed by atoms with Gasteiger partial charge in [0, 0.05) is 24.9 Å². The summed E-state index contributed by atoms with van der Waals surface area (Å²) in [5.74, 6) is 0.927. The minimum atomic E-state index is -4.43. The summed E-state index contributed by atoms with van der Waals surface area (Å²) in [6, 6.07) is 1.57. The molecule has 0 fully saturated rings. The molecule has 0 saturated carbocycles. The Morgan fingerprint density at radius 1 is 1.39 bits per heavy atom. The van der Waals surface area contributed by atoms with Gasteiger partial charge in [-0.15, -0.1) is 11.3 Å². The van der Waals surface area contributed by atoms with E-state index in [0.717, 1.165) is 16.7 Å². The predicted octanol–water partition coefficient (Wildman–Crippen LogP) is 3.15. The molecular formula is C17H21F3N4O3S. The highest BCUT2D eigenvalue weighted by atomic mass is 32.1. The molecule has 2 aromatic heterocycles. The van der Waals surface area contributed by atoms with Gasteiger partial charge in [-0.05, 0) is 19.9 Å². The first-order valence-electron chi connectivity index (χ1n) is 8.46. The van der Waals surface area contributed by atoms with Crippen LogP contribution in [0.15, 0.2) is 20.9 Å². The first-order chi connectivity index (χ1) is 13.2. The molecule has 0 amide bonds. The molecule has 154 valence electrons. The largest absolute Gasteiger partial charge is 0.465 e. The van der Waals surface area contributed by atoms with E-state index in [1.54, 1.807) is 13.0 Å². The minimum Gasteiger partial charge on any atom is -0.465 e. The van der Waals surface area contributed by atoms with Gasteiger partial charge in [0.1, 0.15) is 23.6 Å². The lowest BCUT2D eigenvalue weighted by atomic mass is 10.2. The summed E-state index contributed by atoms with van der Waals surface area (Å²) in [5, 5.41) is 7.46. The number of nitrogens with one attached hydrogen (secondary N) is 2. The number of nitrogens with zero attached hydrogens (tertiary/aromatic N) is 2. The minimum absolute atomic E-state index is 0.183. The van der Waals surface area contributed by atoms with E-state index in [-0.39, 0.29) is 6.54 Å². The highest BCUT2D eigenvalue weighted by Crippen LogP contribution is 2.30. The van der Waals surface area contributed by atoms with Crippen molar-refractivity contribution in [3.8, 4) is 0 Å². The molecule has 0 aliphatic carbocycles. The number of carbonyl (C=O) groups excluding carboxylic acids is 1. The van der Waals surface area contributed by atoms with Gasteiger partial charge in [-0.1, -0.05) is 0 Å². The molecule has 2 aromatic rings. The van der Waals surface area contributed by atoms with E-state index in [4.69, 9.17) is 4.42 Å². The quantitative estimate of drug-likeness (QED) is 0.408. The summed E-state index contributed by atoms with van der Waals surface area (Å²) in [7, 11) is 1.29. The van der Waals surface area contributed by atoms with Crippen LogP contribution >= 0.6 is 11.3 Å². The van der Waals surface area contributed by atoms with Crippen molar-refractivity contribution >= 4 is 23.3 Å². The Balaban J connectivity index is 1.93. The lowest BCUT2D eigenvalue weighted by molar-refractivity contribution is -0.140. The molecule has 0 radical (unpaired) electrons. The second-order valence-corrected chi connectivity index (χ2v) is 6.61. The zero-order valence-electron chi connectivity index (χ0n) is 15.6.